The highest BCUT2D eigenvalue weighted by atomic mass is 127. The van der Waals surface area contributed by atoms with E-state index in [9.17, 15) is 18.0 Å². The standard InChI is InChI=1S/C20H15IN2O4S3/c21-13-3-7-15(8-4-13)23-18(24)12-17(20(23)25)29-16-9-5-14(6-10-16)22-30(26,27)19-2-1-11-28-19/h1-11,17,22H,12H2. The smallest absolute Gasteiger partial charge is 0.271 e. The number of sulfonamides is 1. The van der Waals surface area contributed by atoms with E-state index in [4.69, 9.17) is 0 Å². The van der Waals surface area contributed by atoms with Crippen LogP contribution < -0.4 is 9.62 Å². The minimum atomic E-state index is -3.61. The van der Waals surface area contributed by atoms with Crippen molar-refractivity contribution in [1.29, 1.82) is 0 Å². The fraction of sp³-hybridized carbons (Fsp3) is 0.100. The lowest BCUT2D eigenvalue weighted by Crippen LogP contribution is -2.31. The summed E-state index contributed by atoms with van der Waals surface area (Å²) in [6, 6.07) is 17.2. The summed E-state index contributed by atoms with van der Waals surface area (Å²) in [5, 5.41) is 1.19. The number of carbonyl (C=O) groups is 2. The molecular weight excluding hydrogens is 555 g/mol. The van der Waals surface area contributed by atoms with Crippen LogP contribution in [0.4, 0.5) is 11.4 Å². The number of nitrogens with zero attached hydrogens (tertiary/aromatic N) is 1. The zero-order chi connectivity index (χ0) is 21.3. The predicted molar refractivity (Wildman–Crippen MR) is 127 cm³/mol. The molecule has 2 amide bonds. The molecule has 3 aromatic rings. The number of halogens is 1. The Morgan fingerprint density at radius 1 is 1.03 bits per heavy atom. The normalized spacial score (nSPS) is 16.8. The van der Waals surface area contributed by atoms with Gasteiger partial charge in [-0.05, 0) is 82.6 Å². The molecule has 1 aromatic heterocycles. The molecule has 154 valence electrons. The van der Waals surface area contributed by atoms with Crippen LogP contribution >= 0.6 is 45.7 Å². The Labute approximate surface area is 195 Å². The van der Waals surface area contributed by atoms with E-state index in [1.54, 1.807) is 53.9 Å². The first-order valence-electron chi connectivity index (χ1n) is 8.79. The third kappa shape index (κ3) is 4.56. The number of nitrogens with one attached hydrogen (secondary N) is 1. The van der Waals surface area contributed by atoms with Gasteiger partial charge in [-0.1, -0.05) is 6.07 Å². The number of hydrogen-bond acceptors (Lipinski definition) is 6. The zero-order valence-electron chi connectivity index (χ0n) is 15.3. The molecule has 0 bridgehead atoms. The summed E-state index contributed by atoms with van der Waals surface area (Å²) in [5.74, 6) is -0.465. The van der Waals surface area contributed by atoms with Crippen molar-refractivity contribution >= 4 is 78.9 Å². The molecule has 4 rings (SSSR count). The van der Waals surface area contributed by atoms with Crippen molar-refractivity contribution < 1.29 is 18.0 Å². The van der Waals surface area contributed by atoms with Crippen LogP contribution in [0, 0.1) is 3.57 Å². The van der Waals surface area contributed by atoms with Crippen molar-refractivity contribution in [3.05, 3.63) is 69.6 Å². The number of thioether (sulfide) groups is 1. The molecule has 30 heavy (non-hydrogen) atoms. The molecule has 0 spiro atoms. The molecule has 0 radical (unpaired) electrons. The molecule has 10 heteroatoms. The van der Waals surface area contributed by atoms with E-state index in [2.05, 4.69) is 27.3 Å². The van der Waals surface area contributed by atoms with Gasteiger partial charge < -0.3 is 0 Å². The van der Waals surface area contributed by atoms with E-state index >= 15 is 0 Å². The van der Waals surface area contributed by atoms with Gasteiger partial charge in [0.2, 0.25) is 11.8 Å². The molecule has 1 unspecified atom stereocenters. The number of carbonyl (C=O) groups excluding carboxylic acids is 2. The minimum absolute atomic E-state index is 0.127. The fourth-order valence-electron chi connectivity index (χ4n) is 2.95. The van der Waals surface area contributed by atoms with E-state index in [0.717, 1.165) is 19.8 Å². The lowest BCUT2D eigenvalue weighted by Gasteiger charge is -2.15. The van der Waals surface area contributed by atoms with Crippen molar-refractivity contribution in [1.82, 2.24) is 0 Å². The quantitative estimate of drug-likeness (QED) is 0.347. The summed E-state index contributed by atoms with van der Waals surface area (Å²) in [4.78, 5) is 27.2. The maximum atomic E-state index is 12.8. The minimum Gasteiger partial charge on any atom is -0.279 e. The second-order valence-electron chi connectivity index (χ2n) is 6.42. The number of anilines is 2. The molecular formula is C20H15IN2O4S3. The van der Waals surface area contributed by atoms with E-state index in [1.165, 1.54) is 16.7 Å². The second-order valence-corrected chi connectivity index (χ2v) is 11.8. The number of amides is 2. The number of rotatable bonds is 6. The second kappa shape index (κ2) is 8.69. The van der Waals surface area contributed by atoms with Crippen LogP contribution in [0.2, 0.25) is 0 Å². The van der Waals surface area contributed by atoms with Gasteiger partial charge in [-0.2, -0.15) is 0 Å². The van der Waals surface area contributed by atoms with Crippen molar-refractivity contribution in [2.45, 2.75) is 20.8 Å². The summed E-state index contributed by atoms with van der Waals surface area (Å²) in [6.45, 7) is 0. The zero-order valence-corrected chi connectivity index (χ0v) is 19.9. The largest absolute Gasteiger partial charge is 0.279 e. The summed E-state index contributed by atoms with van der Waals surface area (Å²) in [6.07, 6.45) is 0.127. The van der Waals surface area contributed by atoms with Gasteiger partial charge in [-0.25, -0.2) is 13.3 Å². The van der Waals surface area contributed by atoms with Crippen molar-refractivity contribution in [3.63, 3.8) is 0 Å². The predicted octanol–water partition coefficient (Wildman–Crippen LogP) is 4.58. The van der Waals surface area contributed by atoms with Crippen LogP contribution in [0.25, 0.3) is 0 Å². The van der Waals surface area contributed by atoms with Gasteiger partial charge in [0, 0.05) is 20.6 Å². The summed E-state index contributed by atoms with van der Waals surface area (Å²) in [5.41, 5.74) is 1.01. The highest BCUT2D eigenvalue weighted by Gasteiger charge is 2.40. The Balaban J connectivity index is 1.44. The lowest BCUT2D eigenvalue weighted by molar-refractivity contribution is -0.121. The highest BCUT2D eigenvalue weighted by molar-refractivity contribution is 14.1. The monoisotopic (exact) mass is 570 g/mol. The van der Waals surface area contributed by atoms with Crippen LogP contribution in [0.5, 0.6) is 0 Å². The average Bonchev–Trinajstić information content (AvgIpc) is 3.34. The first-order chi connectivity index (χ1) is 14.3. The number of hydrogen-bond donors (Lipinski definition) is 1. The van der Waals surface area contributed by atoms with E-state index in [1.807, 2.05) is 12.1 Å². The van der Waals surface area contributed by atoms with E-state index < -0.39 is 15.3 Å². The Morgan fingerprint density at radius 2 is 1.73 bits per heavy atom. The molecule has 2 aromatic carbocycles. The topological polar surface area (TPSA) is 83.5 Å². The average molecular weight is 570 g/mol. The first-order valence-corrected chi connectivity index (χ1v) is 13.1. The molecule has 1 atom stereocenters. The maximum Gasteiger partial charge on any atom is 0.271 e. The van der Waals surface area contributed by atoms with Gasteiger partial charge in [0.15, 0.2) is 0 Å². The van der Waals surface area contributed by atoms with Gasteiger partial charge in [0.1, 0.15) is 4.21 Å². The Hall–Kier alpha value is -1.89. The molecule has 1 aliphatic heterocycles. The fourth-order valence-corrected chi connectivity index (χ4v) is 6.41. The van der Waals surface area contributed by atoms with Crippen molar-refractivity contribution in [3.8, 4) is 0 Å². The van der Waals surface area contributed by atoms with E-state index in [0.29, 0.717) is 11.4 Å². The number of thiophene rings is 1. The van der Waals surface area contributed by atoms with Gasteiger partial charge >= 0.3 is 0 Å². The van der Waals surface area contributed by atoms with Gasteiger partial charge in [0.25, 0.3) is 10.0 Å². The maximum absolute atomic E-state index is 12.8. The van der Waals surface area contributed by atoms with Gasteiger partial charge in [0.05, 0.1) is 10.9 Å². The number of benzene rings is 2. The summed E-state index contributed by atoms with van der Waals surface area (Å²) < 4.78 is 28.4. The Morgan fingerprint density at radius 3 is 2.37 bits per heavy atom. The molecule has 1 saturated heterocycles. The summed E-state index contributed by atoms with van der Waals surface area (Å²) in [7, 11) is -3.61. The summed E-state index contributed by atoms with van der Waals surface area (Å²) >= 11 is 4.61. The molecule has 1 fully saturated rings. The molecule has 6 nitrogen and oxygen atoms in total. The molecule has 0 aliphatic carbocycles. The van der Waals surface area contributed by atoms with Gasteiger partial charge in [-0.15, -0.1) is 23.1 Å². The Kier molecular flexibility index (Phi) is 6.19. The highest BCUT2D eigenvalue weighted by Crippen LogP contribution is 2.34. The van der Waals surface area contributed by atoms with Crippen LogP contribution in [-0.4, -0.2) is 25.5 Å². The third-order valence-corrected chi connectivity index (χ3v) is 9.03. The Bertz CT molecular complexity index is 1180. The molecule has 1 N–H and O–H groups in total. The lowest BCUT2D eigenvalue weighted by atomic mass is 10.3. The van der Waals surface area contributed by atoms with Gasteiger partial charge in [-0.3, -0.25) is 14.3 Å². The van der Waals surface area contributed by atoms with Crippen molar-refractivity contribution in [2.75, 3.05) is 9.62 Å². The molecule has 2 heterocycles. The van der Waals surface area contributed by atoms with Crippen LogP contribution in [-0.2, 0) is 19.6 Å². The van der Waals surface area contributed by atoms with E-state index in [-0.39, 0.29) is 22.4 Å². The SMILES string of the molecule is O=C1CC(Sc2ccc(NS(=O)(=O)c3cccs3)cc2)C(=O)N1c1ccc(I)cc1. The van der Waals surface area contributed by atoms with Crippen LogP contribution in [0.3, 0.4) is 0 Å². The van der Waals surface area contributed by atoms with Crippen LogP contribution in [0.15, 0.2) is 75.1 Å². The molecule has 1 aliphatic rings. The molecule has 0 saturated carbocycles. The van der Waals surface area contributed by atoms with Crippen molar-refractivity contribution in [2.24, 2.45) is 0 Å². The van der Waals surface area contributed by atoms with Crippen LogP contribution in [0.1, 0.15) is 6.42 Å². The first kappa shape index (κ1) is 21.3. The number of imide groups is 1. The third-order valence-electron chi connectivity index (χ3n) is 4.33.